The van der Waals surface area contributed by atoms with Crippen LogP contribution in [0.5, 0.6) is 0 Å². The Labute approximate surface area is 141 Å². The fraction of sp³-hybridized carbons (Fsp3) is 0.353. The zero-order valence-corrected chi connectivity index (χ0v) is 13.9. The number of morpholine rings is 1. The molecule has 3 rings (SSSR count). The Bertz CT molecular complexity index is 729. The van der Waals surface area contributed by atoms with Crippen LogP contribution in [0.4, 0.5) is 22.1 Å². The highest BCUT2D eigenvalue weighted by Crippen LogP contribution is 2.17. The Morgan fingerprint density at radius 1 is 1.08 bits per heavy atom. The van der Waals surface area contributed by atoms with Crippen LogP contribution >= 0.6 is 0 Å². The fourth-order valence-electron chi connectivity index (χ4n) is 2.48. The van der Waals surface area contributed by atoms with E-state index in [0.29, 0.717) is 19.0 Å². The van der Waals surface area contributed by atoms with Gasteiger partial charge in [0.25, 0.3) is 0 Å². The Morgan fingerprint density at radius 2 is 1.88 bits per heavy atom. The van der Waals surface area contributed by atoms with E-state index in [1.54, 1.807) is 6.07 Å². The van der Waals surface area contributed by atoms with Gasteiger partial charge >= 0.3 is 6.03 Å². The molecule has 2 N–H and O–H groups in total. The van der Waals surface area contributed by atoms with Gasteiger partial charge in [-0.05, 0) is 37.1 Å². The second-order valence-corrected chi connectivity index (χ2v) is 5.74. The van der Waals surface area contributed by atoms with Crippen molar-refractivity contribution < 1.29 is 9.53 Å². The summed E-state index contributed by atoms with van der Waals surface area (Å²) in [5.74, 6) is 1.25. The lowest BCUT2D eigenvalue weighted by Crippen LogP contribution is -2.36. The quantitative estimate of drug-likeness (QED) is 0.906. The van der Waals surface area contributed by atoms with E-state index in [1.807, 2.05) is 32.0 Å². The van der Waals surface area contributed by atoms with Crippen LogP contribution in [-0.4, -0.2) is 42.3 Å². The van der Waals surface area contributed by atoms with Crippen molar-refractivity contribution in [1.29, 1.82) is 0 Å². The number of carbonyl (C=O) groups excluding carboxylic acids is 1. The molecule has 0 atom stereocenters. The average Bonchev–Trinajstić information content (AvgIpc) is 2.59. The minimum atomic E-state index is -0.329. The minimum Gasteiger partial charge on any atom is -0.378 e. The van der Waals surface area contributed by atoms with E-state index in [-0.39, 0.29) is 6.03 Å². The smallest absolute Gasteiger partial charge is 0.324 e. The number of nitrogens with one attached hydrogen (secondary N) is 2. The van der Waals surface area contributed by atoms with E-state index >= 15 is 0 Å². The van der Waals surface area contributed by atoms with Gasteiger partial charge in [-0.15, -0.1) is 0 Å². The summed E-state index contributed by atoms with van der Waals surface area (Å²) in [5, 5.41) is 5.56. The van der Waals surface area contributed by atoms with Crippen LogP contribution in [-0.2, 0) is 4.74 Å². The molecule has 1 aromatic carbocycles. The number of hydrogen-bond donors (Lipinski definition) is 2. The summed E-state index contributed by atoms with van der Waals surface area (Å²) in [6, 6.07) is 7.23. The monoisotopic (exact) mass is 327 g/mol. The third-order valence-corrected chi connectivity index (χ3v) is 3.99. The summed E-state index contributed by atoms with van der Waals surface area (Å²) in [6.45, 7) is 6.97. The molecule has 1 fully saturated rings. The lowest BCUT2D eigenvalue weighted by atomic mass is 10.1. The molecule has 0 saturated carbocycles. The molecular formula is C17H21N5O2. The topological polar surface area (TPSA) is 79.4 Å². The number of carbonyl (C=O) groups is 1. The summed E-state index contributed by atoms with van der Waals surface area (Å²) in [7, 11) is 0. The molecule has 0 spiro atoms. The van der Waals surface area contributed by atoms with Gasteiger partial charge in [0.05, 0.1) is 13.2 Å². The van der Waals surface area contributed by atoms with Gasteiger partial charge in [0.1, 0.15) is 18.0 Å². The van der Waals surface area contributed by atoms with E-state index in [1.165, 1.54) is 11.9 Å². The minimum absolute atomic E-state index is 0.329. The molecule has 7 heteroatoms. The molecule has 1 saturated heterocycles. The molecular weight excluding hydrogens is 306 g/mol. The predicted octanol–water partition coefficient (Wildman–Crippen LogP) is 2.57. The molecule has 2 heterocycles. The molecule has 7 nitrogen and oxygen atoms in total. The second kappa shape index (κ2) is 7.27. The number of benzene rings is 1. The summed E-state index contributed by atoms with van der Waals surface area (Å²) < 4.78 is 5.34. The molecule has 2 amide bonds. The number of ether oxygens (including phenoxy) is 1. The van der Waals surface area contributed by atoms with E-state index < -0.39 is 0 Å². The van der Waals surface area contributed by atoms with Crippen molar-refractivity contribution in [3.63, 3.8) is 0 Å². The van der Waals surface area contributed by atoms with Crippen molar-refractivity contribution >= 4 is 23.4 Å². The van der Waals surface area contributed by atoms with E-state index in [0.717, 1.165) is 30.2 Å². The van der Waals surface area contributed by atoms with Crippen LogP contribution in [0.25, 0.3) is 0 Å². The number of nitrogens with zero attached hydrogens (tertiary/aromatic N) is 3. The number of rotatable bonds is 3. The molecule has 0 radical (unpaired) electrons. The largest absolute Gasteiger partial charge is 0.378 e. The van der Waals surface area contributed by atoms with Crippen molar-refractivity contribution in [3.8, 4) is 0 Å². The third-order valence-electron chi connectivity index (χ3n) is 3.99. The number of hydrogen-bond acceptors (Lipinski definition) is 5. The molecule has 126 valence electrons. The Morgan fingerprint density at radius 3 is 2.62 bits per heavy atom. The molecule has 24 heavy (non-hydrogen) atoms. The Balaban J connectivity index is 1.64. The number of aromatic nitrogens is 2. The molecule has 1 aromatic heterocycles. The van der Waals surface area contributed by atoms with Crippen LogP contribution in [0.3, 0.4) is 0 Å². The summed E-state index contributed by atoms with van der Waals surface area (Å²) in [5.41, 5.74) is 3.06. The first-order valence-electron chi connectivity index (χ1n) is 7.92. The number of amides is 2. The molecule has 0 aliphatic carbocycles. The first-order chi connectivity index (χ1) is 11.6. The summed E-state index contributed by atoms with van der Waals surface area (Å²) >= 11 is 0. The normalized spacial score (nSPS) is 14.3. The van der Waals surface area contributed by atoms with Gasteiger partial charge in [0.15, 0.2) is 0 Å². The highest BCUT2D eigenvalue weighted by atomic mass is 16.5. The SMILES string of the molecule is Cc1ccc(NC(=O)Nc2cc(N3CCOCC3)ncn2)cc1C. The van der Waals surface area contributed by atoms with Crippen molar-refractivity contribution in [2.24, 2.45) is 0 Å². The van der Waals surface area contributed by atoms with Crippen LogP contribution < -0.4 is 15.5 Å². The van der Waals surface area contributed by atoms with Gasteiger partial charge in [-0.3, -0.25) is 5.32 Å². The number of urea groups is 1. The maximum atomic E-state index is 12.1. The third kappa shape index (κ3) is 3.99. The van der Waals surface area contributed by atoms with Crippen molar-refractivity contribution in [2.75, 3.05) is 41.8 Å². The number of anilines is 3. The van der Waals surface area contributed by atoms with E-state index in [4.69, 9.17) is 4.74 Å². The highest BCUT2D eigenvalue weighted by Gasteiger charge is 2.13. The van der Waals surface area contributed by atoms with Crippen LogP contribution in [0.1, 0.15) is 11.1 Å². The average molecular weight is 327 g/mol. The van der Waals surface area contributed by atoms with Crippen LogP contribution in [0.2, 0.25) is 0 Å². The maximum Gasteiger partial charge on any atom is 0.324 e. The fourth-order valence-corrected chi connectivity index (χ4v) is 2.48. The standard InChI is InChI=1S/C17H21N5O2/c1-12-3-4-14(9-13(12)2)20-17(23)21-15-10-16(19-11-18-15)22-5-7-24-8-6-22/h3-4,9-11H,5-8H2,1-2H3,(H2,18,19,20,21,23). The van der Waals surface area contributed by atoms with E-state index in [2.05, 4.69) is 25.5 Å². The first-order valence-corrected chi connectivity index (χ1v) is 7.92. The van der Waals surface area contributed by atoms with Gasteiger partial charge in [0.2, 0.25) is 0 Å². The molecule has 2 aromatic rings. The lowest BCUT2D eigenvalue weighted by molar-refractivity contribution is 0.122. The van der Waals surface area contributed by atoms with Gasteiger partial charge < -0.3 is 15.0 Å². The molecule has 1 aliphatic rings. The molecule has 1 aliphatic heterocycles. The first kappa shape index (κ1) is 16.2. The molecule has 0 unspecified atom stereocenters. The maximum absolute atomic E-state index is 12.1. The zero-order valence-electron chi connectivity index (χ0n) is 13.9. The van der Waals surface area contributed by atoms with Crippen LogP contribution in [0.15, 0.2) is 30.6 Å². The van der Waals surface area contributed by atoms with Crippen molar-refractivity contribution in [3.05, 3.63) is 41.7 Å². The highest BCUT2D eigenvalue weighted by molar-refractivity contribution is 5.99. The van der Waals surface area contributed by atoms with Gasteiger partial charge in [-0.25, -0.2) is 14.8 Å². The zero-order chi connectivity index (χ0) is 16.9. The van der Waals surface area contributed by atoms with Crippen LogP contribution in [0, 0.1) is 13.8 Å². The van der Waals surface area contributed by atoms with Gasteiger partial charge in [-0.2, -0.15) is 0 Å². The predicted molar refractivity (Wildman–Crippen MR) is 93.6 cm³/mol. The Kier molecular flexibility index (Phi) is 4.90. The summed E-state index contributed by atoms with van der Waals surface area (Å²) in [6.07, 6.45) is 1.45. The Hall–Kier alpha value is -2.67. The molecule has 0 bridgehead atoms. The van der Waals surface area contributed by atoms with Crippen molar-refractivity contribution in [2.45, 2.75) is 13.8 Å². The van der Waals surface area contributed by atoms with Gasteiger partial charge in [0, 0.05) is 24.8 Å². The number of aryl methyl sites for hydroxylation is 2. The van der Waals surface area contributed by atoms with E-state index in [9.17, 15) is 4.79 Å². The van der Waals surface area contributed by atoms with Gasteiger partial charge in [-0.1, -0.05) is 6.07 Å². The second-order valence-electron chi connectivity index (χ2n) is 5.74. The summed E-state index contributed by atoms with van der Waals surface area (Å²) in [4.78, 5) is 22.6. The lowest BCUT2D eigenvalue weighted by Gasteiger charge is -2.27. The van der Waals surface area contributed by atoms with Crippen molar-refractivity contribution in [1.82, 2.24) is 9.97 Å².